The van der Waals surface area contributed by atoms with Gasteiger partial charge in [0.25, 0.3) is 0 Å². The van der Waals surface area contributed by atoms with Crippen molar-refractivity contribution in [1.29, 1.82) is 0 Å². The molecule has 1 saturated carbocycles. The average Bonchev–Trinajstić information content (AvgIpc) is 3.41. The van der Waals surface area contributed by atoms with Gasteiger partial charge in [0.15, 0.2) is 0 Å². The summed E-state index contributed by atoms with van der Waals surface area (Å²) in [5.74, 6) is 1.55. The molecule has 0 spiro atoms. The summed E-state index contributed by atoms with van der Waals surface area (Å²) < 4.78 is 12.6. The summed E-state index contributed by atoms with van der Waals surface area (Å²) in [5.41, 5.74) is 0.676. The van der Waals surface area contributed by atoms with Gasteiger partial charge >= 0.3 is 6.09 Å². The van der Waals surface area contributed by atoms with E-state index in [9.17, 15) is 9.90 Å². The fraction of sp³-hybridized carbons (Fsp3) is 0.682. The van der Waals surface area contributed by atoms with Crippen LogP contribution in [0.4, 0.5) is 10.6 Å². The first-order chi connectivity index (χ1) is 14.7. The van der Waals surface area contributed by atoms with Crippen LogP contribution in [0, 0.1) is 0 Å². The number of nitrogens with one attached hydrogen (secondary N) is 2. The summed E-state index contributed by atoms with van der Waals surface area (Å²) in [6.07, 6.45) is 3.90. The first-order valence-electron chi connectivity index (χ1n) is 11.1. The SMILES string of the molecule is CC[C@H](C)NC(=O)O[C@@H]1CC[C@H](c2cc(NC(O)Cc3ccno3)n(C(C)(C)C)n2)C1. The van der Waals surface area contributed by atoms with Crippen LogP contribution in [0.1, 0.15) is 77.7 Å². The van der Waals surface area contributed by atoms with Crippen molar-refractivity contribution in [3.8, 4) is 0 Å². The van der Waals surface area contributed by atoms with E-state index < -0.39 is 6.23 Å². The minimum absolute atomic E-state index is 0.101. The number of hydrogen-bond acceptors (Lipinski definition) is 7. The molecule has 1 unspecified atom stereocenters. The van der Waals surface area contributed by atoms with Crippen molar-refractivity contribution in [1.82, 2.24) is 20.3 Å². The molecule has 0 aromatic carbocycles. The van der Waals surface area contributed by atoms with Crippen molar-refractivity contribution in [2.75, 3.05) is 5.32 Å². The molecule has 2 heterocycles. The van der Waals surface area contributed by atoms with E-state index in [1.165, 1.54) is 0 Å². The molecule has 3 N–H and O–H groups in total. The van der Waals surface area contributed by atoms with Crippen LogP contribution in [0.15, 0.2) is 22.9 Å². The number of rotatable bonds is 8. The van der Waals surface area contributed by atoms with Gasteiger partial charge in [-0.25, -0.2) is 9.48 Å². The minimum Gasteiger partial charge on any atom is -0.446 e. The van der Waals surface area contributed by atoms with Crippen LogP contribution in [-0.4, -0.2) is 44.5 Å². The monoisotopic (exact) mass is 433 g/mol. The number of carbonyl (C=O) groups excluding carboxylic acids is 1. The van der Waals surface area contributed by atoms with Crippen LogP contribution in [-0.2, 0) is 16.7 Å². The van der Waals surface area contributed by atoms with E-state index in [2.05, 4.69) is 36.6 Å². The summed E-state index contributed by atoms with van der Waals surface area (Å²) >= 11 is 0. The highest BCUT2D eigenvalue weighted by molar-refractivity contribution is 5.67. The Kier molecular flexibility index (Phi) is 7.25. The van der Waals surface area contributed by atoms with Gasteiger partial charge in [0.2, 0.25) is 0 Å². The Morgan fingerprint density at radius 3 is 2.84 bits per heavy atom. The van der Waals surface area contributed by atoms with Crippen molar-refractivity contribution < 1.29 is 19.2 Å². The molecule has 2 aromatic heterocycles. The largest absolute Gasteiger partial charge is 0.446 e. The Balaban J connectivity index is 1.65. The summed E-state index contributed by atoms with van der Waals surface area (Å²) in [6, 6.07) is 3.82. The van der Waals surface area contributed by atoms with Gasteiger partial charge in [0.1, 0.15) is 23.9 Å². The molecule has 0 aliphatic heterocycles. The Hall–Kier alpha value is -2.55. The van der Waals surface area contributed by atoms with Crippen molar-refractivity contribution in [3.05, 3.63) is 29.8 Å². The molecule has 1 fully saturated rings. The standard InChI is InChI=1S/C22H35N5O4/c1-6-14(2)24-21(29)30-16-8-7-15(11-16)18-13-19(27(26-18)22(3,4)5)25-20(28)12-17-9-10-23-31-17/h9-10,13-16,20,25,28H,6-8,11-12H2,1-5H3,(H,24,29)/t14-,15-,16+,20?/m0/s1. The molecule has 0 bridgehead atoms. The third kappa shape index (κ3) is 6.22. The Labute approximate surface area is 183 Å². The summed E-state index contributed by atoms with van der Waals surface area (Å²) in [5, 5.41) is 25.0. The second kappa shape index (κ2) is 9.72. The van der Waals surface area contributed by atoms with E-state index >= 15 is 0 Å². The Morgan fingerprint density at radius 2 is 2.19 bits per heavy atom. The fourth-order valence-corrected chi connectivity index (χ4v) is 3.78. The Morgan fingerprint density at radius 1 is 1.42 bits per heavy atom. The zero-order valence-electron chi connectivity index (χ0n) is 19.1. The summed E-state index contributed by atoms with van der Waals surface area (Å²) in [4.78, 5) is 12.1. The minimum atomic E-state index is -0.831. The van der Waals surface area contributed by atoms with Gasteiger partial charge in [0.05, 0.1) is 23.9 Å². The predicted octanol–water partition coefficient (Wildman–Crippen LogP) is 3.76. The molecule has 9 heteroatoms. The molecular formula is C22H35N5O4. The lowest BCUT2D eigenvalue weighted by atomic mass is 10.0. The van der Waals surface area contributed by atoms with Gasteiger partial charge < -0.3 is 25.0 Å². The third-order valence-corrected chi connectivity index (χ3v) is 5.62. The fourth-order valence-electron chi connectivity index (χ4n) is 3.78. The molecule has 2 aromatic rings. The quantitative estimate of drug-likeness (QED) is 0.543. The number of alkyl carbamates (subject to hydrolysis) is 1. The molecule has 0 saturated heterocycles. The highest BCUT2D eigenvalue weighted by Gasteiger charge is 2.32. The number of anilines is 1. The molecule has 1 amide bonds. The number of ether oxygens (including phenoxy) is 1. The van der Waals surface area contributed by atoms with Crippen molar-refractivity contribution >= 4 is 11.9 Å². The van der Waals surface area contributed by atoms with Crippen molar-refractivity contribution in [2.24, 2.45) is 0 Å². The molecule has 1 aliphatic rings. The van der Waals surface area contributed by atoms with E-state index in [0.717, 1.165) is 37.2 Å². The van der Waals surface area contributed by atoms with E-state index in [1.54, 1.807) is 12.3 Å². The second-order valence-electron chi connectivity index (χ2n) is 9.37. The zero-order chi connectivity index (χ0) is 22.6. The van der Waals surface area contributed by atoms with Crippen LogP contribution in [0.2, 0.25) is 0 Å². The first kappa shape index (κ1) is 23.1. The average molecular weight is 434 g/mol. The summed E-state index contributed by atoms with van der Waals surface area (Å²) in [6.45, 7) is 10.2. The van der Waals surface area contributed by atoms with Crippen molar-refractivity contribution in [2.45, 2.75) is 96.6 Å². The van der Waals surface area contributed by atoms with Gasteiger partial charge in [-0.15, -0.1) is 0 Å². The first-order valence-corrected chi connectivity index (χ1v) is 11.1. The molecule has 1 aliphatic carbocycles. The highest BCUT2D eigenvalue weighted by atomic mass is 16.6. The van der Waals surface area contributed by atoms with E-state index in [-0.39, 0.29) is 29.7 Å². The van der Waals surface area contributed by atoms with Gasteiger partial charge in [-0.2, -0.15) is 5.10 Å². The zero-order valence-corrected chi connectivity index (χ0v) is 19.1. The molecule has 31 heavy (non-hydrogen) atoms. The van der Waals surface area contributed by atoms with E-state index in [0.29, 0.717) is 12.2 Å². The lowest BCUT2D eigenvalue weighted by Crippen LogP contribution is -2.34. The maximum absolute atomic E-state index is 12.1. The van der Waals surface area contributed by atoms with Crippen LogP contribution in [0.25, 0.3) is 0 Å². The Bertz CT molecular complexity index is 843. The molecule has 172 valence electrons. The number of aliphatic hydroxyl groups is 1. The number of aliphatic hydroxyl groups excluding tert-OH is 1. The maximum atomic E-state index is 12.1. The smallest absolute Gasteiger partial charge is 0.407 e. The third-order valence-electron chi connectivity index (χ3n) is 5.62. The van der Waals surface area contributed by atoms with Crippen LogP contribution in [0.5, 0.6) is 0 Å². The van der Waals surface area contributed by atoms with E-state index in [4.69, 9.17) is 14.4 Å². The maximum Gasteiger partial charge on any atom is 0.407 e. The number of amides is 1. The van der Waals surface area contributed by atoms with Crippen LogP contribution < -0.4 is 10.6 Å². The van der Waals surface area contributed by atoms with Gasteiger partial charge in [0, 0.05) is 24.1 Å². The number of hydrogen-bond donors (Lipinski definition) is 3. The molecule has 3 rings (SSSR count). The molecular weight excluding hydrogens is 398 g/mol. The van der Waals surface area contributed by atoms with Gasteiger partial charge in [-0.1, -0.05) is 12.1 Å². The van der Waals surface area contributed by atoms with E-state index in [1.807, 2.05) is 24.6 Å². The normalized spacial score (nSPS) is 21.0. The molecule has 9 nitrogen and oxygen atoms in total. The van der Waals surface area contributed by atoms with Gasteiger partial charge in [-0.3, -0.25) is 0 Å². The second-order valence-corrected chi connectivity index (χ2v) is 9.37. The topological polar surface area (TPSA) is 114 Å². The van der Waals surface area contributed by atoms with Gasteiger partial charge in [-0.05, 0) is 53.4 Å². The van der Waals surface area contributed by atoms with Crippen LogP contribution in [0.3, 0.4) is 0 Å². The highest BCUT2D eigenvalue weighted by Crippen LogP contribution is 2.37. The lowest BCUT2D eigenvalue weighted by molar-refractivity contribution is 0.0974. The number of carbonyl (C=O) groups is 1. The summed E-state index contributed by atoms with van der Waals surface area (Å²) in [7, 11) is 0. The molecule has 4 atom stereocenters. The predicted molar refractivity (Wildman–Crippen MR) is 117 cm³/mol. The lowest BCUT2D eigenvalue weighted by Gasteiger charge is -2.24. The number of aromatic nitrogens is 3. The molecule has 0 radical (unpaired) electrons. The van der Waals surface area contributed by atoms with Crippen molar-refractivity contribution in [3.63, 3.8) is 0 Å². The van der Waals surface area contributed by atoms with Crippen LogP contribution >= 0.6 is 0 Å². The number of nitrogens with zero attached hydrogens (tertiary/aromatic N) is 3.